The Morgan fingerprint density at radius 2 is 2.29 bits per heavy atom. The molecule has 0 spiro atoms. The predicted molar refractivity (Wildman–Crippen MR) is 80.8 cm³/mol. The molecule has 2 rings (SSSR count). The van der Waals surface area contributed by atoms with Gasteiger partial charge in [-0.2, -0.15) is 5.10 Å². The fourth-order valence-electron chi connectivity index (χ4n) is 2.14. The van der Waals surface area contributed by atoms with Gasteiger partial charge in [-0.1, -0.05) is 6.92 Å². The number of benzene rings is 1. The van der Waals surface area contributed by atoms with Crippen LogP contribution in [0, 0.1) is 5.82 Å². The average molecular weight is 291 g/mol. The van der Waals surface area contributed by atoms with Crippen molar-refractivity contribution in [1.29, 1.82) is 0 Å². The summed E-state index contributed by atoms with van der Waals surface area (Å²) >= 11 is 0. The van der Waals surface area contributed by atoms with Crippen molar-refractivity contribution < 1.29 is 9.13 Å². The fourth-order valence-corrected chi connectivity index (χ4v) is 2.14. The highest BCUT2D eigenvalue weighted by Crippen LogP contribution is 2.26. The first-order valence-electron chi connectivity index (χ1n) is 7.33. The second kappa shape index (κ2) is 7.78. The zero-order valence-electron chi connectivity index (χ0n) is 12.6. The monoisotopic (exact) mass is 291 g/mol. The van der Waals surface area contributed by atoms with Gasteiger partial charge < -0.3 is 10.1 Å². The maximum Gasteiger partial charge on any atom is 0.124 e. The molecule has 5 heteroatoms. The zero-order chi connectivity index (χ0) is 15.1. The normalized spacial score (nSPS) is 12.3. The maximum atomic E-state index is 13.5. The average Bonchev–Trinajstić information content (AvgIpc) is 2.99. The second-order valence-electron chi connectivity index (χ2n) is 4.98. The molecule has 21 heavy (non-hydrogen) atoms. The van der Waals surface area contributed by atoms with E-state index in [1.807, 2.05) is 23.9 Å². The van der Waals surface area contributed by atoms with Crippen LogP contribution in [0.1, 0.15) is 31.9 Å². The predicted octanol–water partition coefficient (Wildman–Crippen LogP) is 3.16. The minimum absolute atomic E-state index is 0.0559. The molecule has 1 aromatic heterocycles. The summed E-state index contributed by atoms with van der Waals surface area (Å²) in [5, 5.41) is 7.48. The summed E-state index contributed by atoms with van der Waals surface area (Å²) in [5.74, 6) is 0.481. The molecular formula is C16H22FN3O. The highest BCUT2D eigenvalue weighted by Gasteiger charge is 2.12. The molecule has 1 atom stereocenters. The third-order valence-electron chi connectivity index (χ3n) is 3.28. The Bertz CT molecular complexity index is 542. The number of ether oxygens (including phenoxy) is 1. The highest BCUT2D eigenvalue weighted by atomic mass is 19.1. The van der Waals surface area contributed by atoms with Gasteiger partial charge >= 0.3 is 0 Å². The largest absolute Gasteiger partial charge is 0.491 e. The molecule has 0 saturated heterocycles. The Labute approximate surface area is 124 Å². The maximum absolute atomic E-state index is 13.5. The fraction of sp³-hybridized carbons (Fsp3) is 0.438. The summed E-state index contributed by atoms with van der Waals surface area (Å²) in [6, 6.07) is 6.59. The lowest BCUT2D eigenvalue weighted by Crippen LogP contribution is -2.20. The lowest BCUT2D eigenvalue weighted by Gasteiger charge is -2.18. The van der Waals surface area contributed by atoms with Crippen LogP contribution in [0.2, 0.25) is 0 Å². The van der Waals surface area contributed by atoms with Crippen molar-refractivity contribution in [3.63, 3.8) is 0 Å². The Morgan fingerprint density at radius 1 is 1.43 bits per heavy atom. The van der Waals surface area contributed by atoms with Crippen LogP contribution in [-0.2, 0) is 6.54 Å². The lowest BCUT2D eigenvalue weighted by atomic mass is 10.1. The Kier molecular flexibility index (Phi) is 5.75. The van der Waals surface area contributed by atoms with Crippen LogP contribution in [0.5, 0.6) is 5.75 Å². The number of hydrogen-bond acceptors (Lipinski definition) is 3. The van der Waals surface area contributed by atoms with Crippen LogP contribution in [0.3, 0.4) is 0 Å². The van der Waals surface area contributed by atoms with E-state index in [0.717, 1.165) is 24.3 Å². The minimum Gasteiger partial charge on any atom is -0.491 e. The van der Waals surface area contributed by atoms with Crippen LogP contribution >= 0.6 is 0 Å². The Balaban J connectivity index is 2.00. The number of nitrogens with zero attached hydrogens (tertiary/aromatic N) is 2. The summed E-state index contributed by atoms with van der Waals surface area (Å²) in [4.78, 5) is 0. The molecule has 1 unspecified atom stereocenters. The van der Waals surface area contributed by atoms with Crippen molar-refractivity contribution >= 4 is 0 Å². The van der Waals surface area contributed by atoms with Crippen LogP contribution in [0.25, 0.3) is 0 Å². The molecule has 1 N–H and O–H groups in total. The third kappa shape index (κ3) is 4.56. The SMILES string of the molecule is CCCNC(C)c1cc(F)ccc1OCCn1cccn1. The lowest BCUT2D eigenvalue weighted by molar-refractivity contribution is 0.285. The summed E-state index contributed by atoms with van der Waals surface area (Å²) in [6.45, 7) is 6.18. The van der Waals surface area contributed by atoms with Gasteiger partial charge in [0.05, 0.1) is 6.54 Å². The van der Waals surface area contributed by atoms with Gasteiger partial charge in [-0.3, -0.25) is 4.68 Å². The van der Waals surface area contributed by atoms with E-state index in [4.69, 9.17) is 4.74 Å². The van der Waals surface area contributed by atoms with Crippen LogP contribution in [0.4, 0.5) is 4.39 Å². The Hall–Kier alpha value is -1.88. The molecule has 0 aliphatic carbocycles. The molecule has 0 amide bonds. The van der Waals surface area contributed by atoms with E-state index in [0.29, 0.717) is 13.2 Å². The van der Waals surface area contributed by atoms with E-state index >= 15 is 0 Å². The van der Waals surface area contributed by atoms with Gasteiger partial charge in [0.25, 0.3) is 0 Å². The van der Waals surface area contributed by atoms with Crippen molar-refractivity contribution in [3.05, 3.63) is 48.0 Å². The van der Waals surface area contributed by atoms with E-state index < -0.39 is 0 Å². The smallest absolute Gasteiger partial charge is 0.124 e. The second-order valence-corrected chi connectivity index (χ2v) is 4.98. The molecular weight excluding hydrogens is 269 g/mol. The number of hydrogen-bond donors (Lipinski definition) is 1. The van der Waals surface area contributed by atoms with Crippen LogP contribution in [0.15, 0.2) is 36.7 Å². The van der Waals surface area contributed by atoms with Crippen molar-refractivity contribution in [2.24, 2.45) is 0 Å². The number of rotatable bonds is 8. The first-order chi connectivity index (χ1) is 10.2. The zero-order valence-corrected chi connectivity index (χ0v) is 12.6. The molecule has 114 valence electrons. The van der Waals surface area contributed by atoms with Gasteiger partial charge in [-0.25, -0.2) is 4.39 Å². The van der Waals surface area contributed by atoms with Crippen LogP contribution < -0.4 is 10.1 Å². The number of nitrogens with one attached hydrogen (secondary N) is 1. The molecule has 1 aromatic carbocycles. The molecule has 0 aliphatic heterocycles. The topological polar surface area (TPSA) is 39.1 Å². The molecule has 2 aromatic rings. The molecule has 1 heterocycles. The molecule has 4 nitrogen and oxygen atoms in total. The van der Waals surface area contributed by atoms with E-state index in [-0.39, 0.29) is 11.9 Å². The summed E-state index contributed by atoms with van der Waals surface area (Å²) < 4.78 is 21.1. The number of halogens is 1. The minimum atomic E-state index is -0.241. The summed E-state index contributed by atoms with van der Waals surface area (Å²) in [7, 11) is 0. The molecule has 0 radical (unpaired) electrons. The van der Waals surface area contributed by atoms with Gasteiger partial charge in [-0.15, -0.1) is 0 Å². The van der Waals surface area contributed by atoms with E-state index in [1.165, 1.54) is 12.1 Å². The van der Waals surface area contributed by atoms with Gasteiger partial charge in [-0.05, 0) is 44.2 Å². The van der Waals surface area contributed by atoms with Crippen molar-refractivity contribution in [2.75, 3.05) is 13.2 Å². The summed E-state index contributed by atoms with van der Waals surface area (Å²) in [6.07, 6.45) is 4.66. The van der Waals surface area contributed by atoms with E-state index in [2.05, 4.69) is 17.3 Å². The number of aromatic nitrogens is 2. The van der Waals surface area contributed by atoms with E-state index in [1.54, 1.807) is 12.3 Å². The van der Waals surface area contributed by atoms with Gasteiger partial charge in [0.1, 0.15) is 18.2 Å². The Morgan fingerprint density at radius 3 is 3.00 bits per heavy atom. The third-order valence-corrected chi connectivity index (χ3v) is 3.28. The first kappa shape index (κ1) is 15.5. The molecule has 0 aliphatic rings. The van der Waals surface area contributed by atoms with Crippen molar-refractivity contribution in [3.8, 4) is 5.75 Å². The van der Waals surface area contributed by atoms with Gasteiger partial charge in [0, 0.05) is 24.0 Å². The molecule has 0 bridgehead atoms. The standard InChI is InChI=1S/C16H22FN3O/c1-3-7-18-13(2)15-12-14(17)5-6-16(15)21-11-10-20-9-4-8-19-20/h4-6,8-9,12-13,18H,3,7,10-11H2,1-2H3. The van der Waals surface area contributed by atoms with Crippen molar-refractivity contribution in [2.45, 2.75) is 32.9 Å². The molecule has 0 fully saturated rings. The molecule has 0 saturated carbocycles. The van der Waals surface area contributed by atoms with E-state index in [9.17, 15) is 4.39 Å². The summed E-state index contributed by atoms with van der Waals surface area (Å²) in [5.41, 5.74) is 0.851. The quantitative estimate of drug-likeness (QED) is 0.812. The van der Waals surface area contributed by atoms with Gasteiger partial charge in [0.2, 0.25) is 0 Å². The highest BCUT2D eigenvalue weighted by molar-refractivity contribution is 5.36. The van der Waals surface area contributed by atoms with Gasteiger partial charge in [0.15, 0.2) is 0 Å². The first-order valence-corrected chi connectivity index (χ1v) is 7.33. The van der Waals surface area contributed by atoms with Crippen LogP contribution in [-0.4, -0.2) is 22.9 Å². The van der Waals surface area contributed by atoms with Crippen molar-refractivity contribution in [1.82, 2.24) is 15.1 Å².